The average Bonchev–Trinajstić information content (AvgIpc) is 3.20. The molecule has 0 bridgehead atoms. The highest BCUT2D eigenvalue weighted by Crippen LogP contribution is 2.25. The summed E-state index contributed by atoms with van der Waals surface area (Å²) >= 11 is 8.45. The molecule has 0 atom stereocenters. The molecule has 5 nitrogen and oxygen atoms in total. The van der Waals surface area contributed by atoms with Crippen molar-refractivity contribution in [3.8, 4) is 10.6 Å². The molecule has 0 saturated heterocycles. The van der Waals surface area contributed by atoms with Crippen LogP contribution in [0.2, 0.25) is 4.34 Å². The van der Waals surface area contributed by atoms with E-state index in [0.717, 1.165) is 27.6 Å². The summed E-state index contributed by atoms with van der Waals surface area (Å²) in [7, 11) is -3.51. The van der Waals surface area contributed by atoms with E-state index in [0.29, 0.717) is 10.9 Å². The number of hydrogen-bond acceptors (Lipinski definition) is 5. The van der Waals surface area contributed by atoms with Gasteiger partial charge in [0.05, 0.1) is 15.8 Å². The van der Waals surface area contributed by atoms with Gasteiger partial charge in [0.2, 0.25) is 10.0 Å². The number of aromatic nitrogens is 2. The maximum absolute atomic E-state index is 12.1. The SMILES string of the molecule is Cc1cc(-c2cccs2)nn1CCNS(=O)(=O)c1ccc(Cl)s1. The zero-order chi connectivity index (χ0) is 16.4. The first-order valence-electron chi connectivity index (χ1n) is 6.79. The van der Waals surface area contributed by atoms with E-state index in [1.165, 1.54) is 6.07 Å². The van der Waals surface area contributed by atoms with Gasteiger partial charge >= 0.3 is 0 Å². The number of halogens is 1. The van der Waals surface area contributed by atoms with Gasteiger partial charge in [0, 0.05) is 12.2 Å². The molecule has 3 rings (SSSR count). The second kappa shape index (κ2) is 6.74. The summed E-state index contributed by atoms with van der Waals surface area (Å²) < 4.78 is 29.3. The van der Waals surface area contributed by atoms with Crippen molar-refractivity contribution in [2.45, 2.75) is 17.7 Å². The molecule has 0 aliphatic carbocycles. The molecule has 3 heterocycles. The molecular weight excluding hydrogens is 374 g/mol. The lowest BCUT2D eigenvalue weighted by molar-refractivity contribution is 0.558. The predicted molar refractivity (Wildman–Crippen MR) is 94.8 cm³/mol. The summed E-state index contributed by atoms with van der Waals surface area (Å²) in [6, 6.07) is 9.07. The molecular formula is C14H14ClN3O2S3. The quantitative estimate of drug-likeness (QED) is 0.702. The van der Waals surface area contributed by atoms with E-state index in [-0.39, 0.29) is 10.8 Å². The molecule has 0 saturated carbocycles. The Hall–Kier alpha value is -1.19. The first-order valence-corrected chi connectivity index (χ1v) is 10.3. The van der Waals surface area contributed by atoms with E-state index in [4.69, 9.17) is 11.6 Å². The Bertz CT molecular complexity index is 898. The predicted octanol–water partition coefficient (Wildman–Crippen LogP) is 3.61. The summed E-state index contributed by atoms with van der Waals surface area (Å²) in [5.41, 5.74) is 1.90. The van der Waals surface area contributed by atoms with Gasteiger partial charge in [-0.15, -0.1) is 22.7 Å². The van der Waals surface area contributed by atoms with Crippen molar-refractivity contribution in [3.05, 3.63) is 45.7 Å². The minimum absolute atomic E-state index is 0.221. The van der Waals surface area contributed by atoms with E-state index in [1.807, 2.05) is 30.5 Å². The molecule has 0 aliphatic rings. The van der Waals surface area contributed by atoms with Gasteiger partial charge in [-0.25, -0.2) is 13.1 Å². The Morgan fingerprint density at radius 3 is 2.83 bits per heavy atom. The molecule has 0 spiro atoms. The van der Waals surface area contributed by atoms with Gasteiger partial charge < -0.3 is 0 Å². The van der Waals surface area contributed by atoms with Gasteiger partial charge in [-0.2, -0.15) is 5.10 Å². The standard InChI is InChI=1S/C14H14ClN3O2S3/c1-10-9-11(12-3-2-8-21-12)17-18(10)7-6-16-23(19,20)14-5-4-13(15)22-14/h2-5,8-9,16H,6-7H2,1H3. The van der Waals surface area contributed by atoms with Gasteiger partial charge in [-0.05, 0) is 36.6 Å². The lowest BCUT2D eigenvalue weighted by Gasteiger charge is -2.06. The van der Waals surface area contributed by atoms with Crippen LogP contribution in [0.25, 0.3) is 10.6 Å². The summed E-state index contributed by atoms with van der Waals surface area (Å²) in [6.07, 6.45) is 0. The molecule has 0 fully saturated rings. The van der Waals surface area contributed by atoms with Gasteiger partial charge in [0.25, 0.3) is 0 Å². The van der Waals surface area contributed by atoms with E-state index in [2.05, 4.69) is 9.82 Å². The Labute approximate surface area is 147 Å². The number of thiophene rings is 2. The van der Waals surface area contributed by atoms with Crippen LogP contribution in [0.4, 0.5) is 0 Å². The number of aryl methyl sites for hydroxylation is 1. The fourth-order valence-corrected chi connectivity index (χ4v) is 5.31. The molecule has 0 aromatic carbocycles. The minimum atomic E-state index is -3.51. The summed E-state index contributed by atoms with van der Waals surface area (Å²) in [5, 5.41) is 6.53. The minimum Gasteiger partial charge on any atom is -0.268 e. The van der Waals surface area contributed by atoms with Gasteiger partial charge in [0.1, 0.15) is 9.90 Å². The second-order valence-electron chi connectivity index (χ2n) is 4.83. The molecule has 23 heavy (non-hydrogen) atoms. The monoisotopic (exact) mass is 387 g/mol. The van der Waals surface area contributed by atoms with Crippen molar-refractivity contribution in [1.29, 1.82) is 0 Å². The molecule has 0 unspecified atom stereocenters. The number of nitrogens with one attached hydrogen (secondary N) is 1. The molecule has 0 amide bonds. The number of hydrogen-bond donors (Lipinski definition) is 1. The fourth-order valence-electron chi connectivity index (χ4n) is 2.08. The van der Waals surface area contributed by atoms with Crippen molar-refractivity contribution in [3.63, 3.8) is 0 Å². The fraction of sp³-hybridized carbons (Fsp3) is 0.214. The molecule has 3 aromatic heterocycles. The van der Waals surface area contributed by atoms with Crippen molar-refractivity contribution >= 4 is 44.3 Å². The van der Waals surface area contributed by atoms with E-state index < -0.39 is 10.0 Å². The molecule has 122 valence electrons. The van der Waals surface area contributed by atoms with Crippen LogP contribution in [0.3, 0.4) is 0 Å². The first-order chi connectivity index (χ1) is 11.0. The van der Waals surface area contributed by atoms with E-state index in [9.17, 15) is 8.42 Å². The Morgan fingerprint density at radius 2 is 2.17 bits per heavy atom. The third-order valence-corrected chi connectivity index (χ3v) is 7.26. The van der Waals surface area contributed by atoms with Crippen LogP contribution in [0.5, 0.6) is 0 Å². The Kier molecular flexibility index (Phi) is 4.88. The van der Waals surface area contributed by atoms with Crippen molar-refractivity contribution in [1.82, 2.24) is 14.5 Å². The maximum Gasteiger partial charge on any atom is 0.250 e. The van der Waals surface area contributed by atoms with Crippen LogP contribution >= 0.6 is 34.3 Å². The van der Waals surface area contributed by atoms with Crippen molar-refractivity contribution in [2.24, 2.45) is 0 Å². The molecule has 3 aromatic rings. The summed E-state index contributed by atoms with van der Waals surface area (Å²) in [5.74, 6) is 0. The third-order valence-electron chi connectivity index (χ3n) is 3.18. The van der Waals surface area contributed by atoms with Gasteiger partial charge in [0.15, 0.2) is 0 Å². The first kappa shape index (κ1) is 16.7. The van der Waals surface area contributed by atoms with E-state index in [1.54, 1.807) is 22.1 Å². The normalized spacial score (nSPS) is 11.9. The lowest BCUT2D eigenvalue weighted by atomic mass is 10.3. The van der Waals surface area contributed by atoms with Crippen LogP contribution in [0.1, 0.15) is 5.69 Å². The van der Waals surface area contributed by atoms with E-state index >= 15 is 0 Å². The average molecular weight is 388 g/mol. The van der Waals surface area contributed by atoms with Crippen LogP contribution in [0.15, 0.2) is 39.9 Å². The molecule has 1 N–H and O–H groups in total. The number of rotatable bonds is 6. The number of nitrogens with zero attached hydrogens (tertiary/aromatic N) is 2. The van der Waals surface area contributed by atoms with Crippen molar-refractivity contribution < 1.29 is 8.42 Å². The van der Waals surface area contributed by atoms with Crippen LogP contribution < -0.4 is 4.72 Å². The van der Waals surface area contributed by atoms with Crippen LogP contribution in [0, 0.1) is 6.92 Å². The molecule has 0 radical (unpaired) electrons. The van der Waals surface area contributed by atoms with Crippen LogP contribution in [-0.2, 0) is 16.6 Å². The highest BCUT2D eigenvalue weighted by atomic mass is 35.5. The van der Waals surface area contributed by atoms with Crippen LogP contribution in [-0.4, -0.2) is 24.7 Å². The molecule has 9 heteroatoms. The Balaban J connectivity index is 1.65. The lowest BCUT2D eigenvalue weighted by Crippen LogP contribution is -2.27. The Morgan fingerprint density at radius 1 is 1.35 bits per heavy atom. The largest absolute Gasteiger partial charge is 0.268 e. The third kappa shape index (κ3) is 3.84. The zero-order valence-electron chi connectivity index (χ0n) is 12.2. The number of sulfonamides is 1. The van der Waals surface area contributed by atoms with Gasteiger partial charge in [-0.1, -0.05) is 17.7 Å². The maximum atomic E-state index is 12.1. The summed E-state index contributed by atoms with van der Waals surface area (Å²) in [6.45, 7) is 2.69. The second-order valence-corrected chi connectivity index (χ2v) is 9.48. The topological polar surface area (TPSA) is 64.0 Å². The smallest absolute Gasteiger partial charge is 0.250 e. The van der Waals surface area contributed by atoms with Crippen molar-refractivity contribution in [2.75, 3.05) is 6.54 Å². The highest BCUT2D eigenvalue weighted by molar-refractivity contribution is 7.91. The highest BCUT2D eigenvalue weighted by Gasteiger charge is 2.16. The molecule has 0 aliphatic heterocycles. The summed E-state index contributed by atoms with van der Waals surface area (Å²) in [4.78, 5) is 1.10. The van der Waals surface area contributed by atoms with Gasteiger partial charge in [-0.3, -0.25) is 4.68 Å². The zero-order valence-corrected chi connectivity index (χ0v) is 15.4.